The van der Waals surface area contributed by atoms with Crippen LogP contribution in [0.25, 0.3) is 0 Å². The predicted octanol–water partition coefficient (Wildman–Crippen LogP) is 1.01. The molecular weight excluding hydrogens is 182 g/mol. The molecule has 1 aromatic heterocycles. The van der Waals surface area contributed by atoms with Gasteiger partial charge in [-0.1, -0.05) is 0 Å². The second-order valence-corrected chi connectivity index (χ2v) is 1.93. The van der Waals surface area contributed by atoms with Crippen LogP contribution in [0.15, 0.2) is 18.5 Å². The number of pyridine rings is 1. The lowest BCUT2D eigenvalue weighted by Gasteiger charge is -1.92. The molecule has 0 fully saturated rings. The Hall–Kier alpha value is -1.42. The van der Waals surface area contributed by atoms with Gasteiger partial charge in [-0.15, -0.1) is 12.4 Å². The number of carboxylic acids is 1. The van der Waals surface area contributed by atoms with Gasteiger partial charge in [-0.05, 0) is 6.07 Å². The van der Waals surface area contributed by atoms with Gasteiger partial charge in [0.1, 0.15) is 0 Å². The van der Waals surface area contributed by atoms with E-state index in [4.69, 9.17) is 5.11 Å². The van der Waals surface area contributed by atoms with E-state index in [0.29, 0.717) is 6.29 Å². The van der Waals surface area contributed by atoms with E-state index in [9.17, 15) is 9.59 Å². The van der Waals surface area contributed by atoms with Gasteiger partial charge in [-0.3, -0.25) is 9.78 Å². The second kappa shape index (κ2) is 4.46. The van der Waals surface area contributed by atoms with Crippen LogP contribution >= 0.6 is 12.4 Å². The van der Waals surface area contributed by atoms with E-state index in [1.54, 1.807) is 0 Å². The van der Waals surface area contributed by atoms with Crippen molar-refractivity contribution in [3.63, 3.8) is 0 Å². The molecule has 0 saturated carbocycles. The Balaban J connectivity index is 0.00000121. The summed E-state index contributed by atoms with van der Waals surface area (Å²) in [5.74, 6) is -1.08. The number of rotatable bonds is 2. The highest BCUT2D eigenvalue weighted by Crippen LogP contribution is 1.99. The van der Waals surface area contributed by atoms with Gasteiger partial charge < -0.3 is 5.11 Å². The quantitative estimate of drug-likeness (QED) is 0.702. The van der Waals surface area contributed by atoms with Crippen LogP contribution in [0.1, 0.15) is 20.7 Å². The minimum Gasteiger partial charge on any atom is -0.478 e. The molecule has 0 spiro atoms. The highest BCUT2D eigenvalue weighted by Gasteiger charge is 2.02. The Labute approximate surface area is 74.7 Å². The van der Waals surface area contributed by atoms with Crippen LogP contribution in [0.4, 0.5) is 0 Å². The number of carbonyl (C=O) groups excluding carboxylic acids is 1. The molecule has 4 nitrogen and oxygen atoms in total. The third-order valence-electron chi connectivity index (χ3n) is 1.14. The standard InChI is InChI=1S/C7H5NO3.ClH/c9-4-5-1-6(7(10)11)3-8-2-5;/h1-4H,(H,10,11);1H. The van der Waals surface area contributed by atoms with E-state index >= 15 is 0 Å². The van der Waals surface area contributed by atoms with Crippen LogP contribution in [0.5, 0.6) is 0 Å². The first-order valence-corrected chi connectivity index (χ1v) is 2.87. The molecule has 1 rings (SSSR count). The van der Waals surface area contributed by atoms with E-state index in [2.05, 4.69) is 4.98 Å². The molecule has 0 radical (unpaired) electrons. The van der Waals surface area contributed by atoms with E-state index in [1.807, 2.05) is 0 Å². The number of aromatic nitrogens is 1. The van der Waals surface area contributed by atoms with Crippen molar-refractivity contribution >= 4 is 24.7 Å². The number of carbonyl (C=O) groups is 2. The van der Waals surface area contributed by atoms with Gasteiger partial charge in [0.15, 0.2) is 6.29 Å². The third-order valence-corrected chi connectivity index (χ3v) is 1.14. The van der Waals surface area contributed by atoms with Crippen LogP contribution in [-0.4, -0.2) is 22.3 Å². The van der Waals surface area contributed by atoms with Crippen LogP contribution in [0.2, 0.25) is 0 Å². The molecule has 0 aliphatic carbocycles. The monoisotopic (exact) mass is 187 g/mol. The van der Waals surface area contributed by atoms with Crippen LogP contribution in [-0.2, 0) is 0 Å². The zero-order valence-corrected chi connectivity index (χ0v) is 6.75. The second-order valence-electron chi connectivity index (χ2n) is 1.93. The highest BCUT2D eigenvalue weighted by atomic mass is 35.5. The summed E-state index contributed by atoms with van der Waals surface area (Å²) in [6, 6.07) is 1.27. The summed E-state index contributed by atoms with van der Waals surface area (Å²) >= 11 is 0. The molecule has 64 valence electrons. The minimum atomic E-state index is -1.08. The molecule has 0 bridgehead atoms. The zero-order valence-electron chi connectivity index (χ0n) is 5.93. The number of halogens is 1. The molecule has 0 unspecified atom stereocenters. The van der Waals surface area contributed by atoms with Gasteiger partial charge in [-0.2, -0.15) is 0 Å². The fraction of sp³-hybridized carbons (Fsp3) is 0. The Morgan fingerprint density at radius 2 is 2.17 bits per heavy atom. The lowest BCUT2D eigenvalue weighted by Crippen LogP contribution is -1.97. The molecule has 0 atom stereocenters. The molecule has 12 heavy (non-hydrogen) atoms. The van der Waals surface area contributed by atoms with Crippen molar-refractivity contribution < 1.29 is 14.7 Å². The first-order valence-electron chi connectivity index (χ1n) is 2.87. The van der Waals surface area contributed by atoms with Crippen molar-refractivity contribution in [2.24, 2.45) is 0 Å². The molecule has 1 aromatic rings. The maximum atomic E-state index is 10.3. The summed E-state index contributed by atoms with van der Waals surface area (Å²) < 4.78 is 0. The van der Waals surface area contributed by atoms with E-state index < -0.39 is 5.97 Å². The summed E-state index contributed by atoms with van der Waals surface area (Å²) in [6.45, 7) is 0. The number of hydrogen-bond acceptors (Lipinski definition) is 3. The lowest BCUT2D eigenvalue weighted by atomic mass is 10.2. The number of carboxylic acid groups (broad SMARTS) is 1. The Bertz CT molecular complexity index is 300. The number of aromatic carboxylic acids is 1. The third kappa shape index (κ3) is 2.32. The molecule has 5 heteroatoms. The van der Waals surface area contributed by atoms with E-state index in [0.717, 1.165) is 0 Å². The molecule has 0 aliphatic rings. The first-order chi connectivity index (χ1) is 5.24. The first kappa shape index (κ1) is 10.6. The molecule has 0 saturated heterocycles. The Morgan fingerprint density at radius 1 is 1.50 bits per heavy atom. The van der Waals surface area contributed by atoms with Crippen LogP contribution < -0.4 is 0 Å². The summed E-state index contributed by atoms with van der Waals surface area (Å²) in [5.41, 5.74) is 0.291. The number of aldehydes is 1. The Morgan fingerprint density at radius 3 is 2.67 bits per heavy atom. The molecule has 0 amide bonds. The largest absolute Gasteiger partial charge is 0.478 e. The number of hydrogen-bond donors (Lipinski definition) is 1. The summed E-state index contributed by atoms with van der Waals surface area (Å²) in [7, 11) is 0. The zero-order chi connectivity index (χ0) is 8.27. The van der Waals surface area contributed by atoms with Crippen molar-refractivity contribution in [3.05, 3.63) is 29.6 Å². The van der Waals surface area contributed by atoms with Crippen LogP contribution in [0.3, 0.4) is 0 Å². The topological polar surface area (TPSA) is 67.3 Å². The van der Waals surface area contributed by atoms with Gasteiger partial charge in [0.25, 0.3) is 0 Å². The molecule has 0 aliphatic heterocycles. The predicted molar refractivity (Wildman–Crippen MR) is 43.8 cm³/mol. The van der Waals surface area contributed by atoms with Crippen LogP contribution in [0, 0.1) is 0 Å². The fourth-order valence-electron chi connectivity index (χ4n) is 0.639. The van der Waals surface area contributed by atoms with E-state index in [-0.39, 0.29) is 23.5 Å². The average Bonchev–Trinajstić information content (AvgIpc) is 2.05. The van der Waals surface area contributed by atoms with Crippen molar-refractivity contribution in [3.8, 4) is 0 Å². The lowest BCUT2D eigenvalue weighted by molar-refractivity contribution is 0.0696. The van der Waals surface area contributed by atoms with Crippen molar-refractivity contribution in [2.75, 3.05) is 0 Å². The summed E-state index contributed by atoms with van der Waals surface area (Å²) in [6.07, 6.45) is 3.05. The van der Waals surface area contributed by atoms with Crippen molar-refractivity contribution in [2.45, 2.75) is 0 Å². The summed E-state index contributed by atoms with van der Waals surface area (Å²) in [5, 5.41) is 8.45. The smallest absolute Gasteiger partial charge is 0.337 e. The minimum absolute atomic E-state index is 0. The van der Waals surface area contributed by atoms with E-state index in [1.165, 1.54) is 18.5 Å². The van der Waals surface area contributed by atoms with Crippen molar-refractivity contribution in [1.82, 2.24) is 4.98 Å². The maximum Gasteiger partial charge on any atom is 0.337 e. The van der Waals surface area contributed by atoms with Gasteiger partial charge in [-0.25, -0.2) is 4.79 Å². The molecular formula is C7H6ClNO3. The summed E-state index contributed by atoms with van der Waals surface area (Å²) in [4.78, 5) is 24.0. The fourth-order valence-corrected chi connectivity index (χ4v) is 0.639. The maximum absolute atomic E-state index is 10.3. The van der Waals surface area contributed by atoms with Gasteiger partial charge >= 0.3 is 5.97 Å². The van der Waals surface area contributed by atoms with Gasteiger partial charge in [0.05, 0.1) is 5.56 Å². The SMILES string of the molecule is Cl.O=Cc1cncc(C(=O)O)c1. The van der Waals surface area contributed by atoms with Crippen molar-refractivity contribution in [1.29, 1.82) is 0 Å². The Kier molecular flexibility index (Phi) is 3.93. The van der Waals surface area contributed by atoms with Gasteiger partial charge in [0.2, 0.25) is 0 Å². The van der Waals surface area contributed by atoms with Gasteiger partial charge in [0, 0.05) is 18.0 Å². The molecule has 0 aromatic carbocycles. The average molecular weight is 188 g/mol. The highest BCUT2D eigenvalue weighted by molar-refractivity contribution is 5.89. The molecule has 1 heterocycles. The number of nitrogens with zero attached hydrogens (tertiary/aromatic N) is 1. The normalized spacial score (nSPS) is 8.33. The molecule has 1 N–H and O–H groups in total.